The van der Waals surface area contributed by atoms with Crippen LogP contribution in [0, 0.1) is 6.92 Å². The average molecular weight is 416 g/mol. The minimum absolute atomic E-state index is 0.171. The lowest BCUT2D eigenvalue weighted by Crippen LogP contribution is -2.48. The summed E-state index contributed by atoms with van der Waals surface area (Å²) in [7, 11) is 2.11. The summed E-state index contributed by atoms with van der Waals surface area (Å²) < 4.78 is 6.16. The van der Waals surface area contributed by atoms with Gasteiger partial charge in [-0.15, -0.1) is 0 Å². The molecule has 0 bridgehead atoms. The van der Waals surface area contributed by atoms with Gasteiger partial charge in [0.05, 0.1) is 0 Å². The highest BCUT2D eigenvalue weighted by molar-refractivity contribution is 5.96. The highest BCUT2D eigenvalue weighted by Crippen LogP contribution is 2.57. The fourth-order valence-electron chi connectivity index (χ4n) is 5.04. The van der Waals surface area contributed by atoms with Crippen LogP contribution in [-0.2, 0) is 5.41 Å². The molecule has 0 aromatic heterocycles. The normalized spacial score (nSPS) is 19.7. The monoisotopic (exact) mass is 415 g/mol. The number of carbonyl (C=O) groups excluding carboxylic acids is 1. The molecule has 1 saturated carbocycles. The van der Waals surface area contributed by atoms with Crippen LogP contribution in [0.1, 0.15) is 46.3 Å². The number of nitrogens with two attached hydrogens (primary N) is 2. The quantitative estimate of drug-likeness (QED) is 0.597. The molecule has 160 valence electrons. The van der Waals surface area contributed by atoms with Crippen molar-refractivity contribution in [2.24, 2.45) is 5.73 Å². The number of amides is 1. The molecule has 1 unspecified atom stereocenters. The summed E-state index contributed by atoms with van der Waals surface area (Å²) in [5.41, 5.74) is 16.4. The van der Waals surface area contributed by atoms with Gasteiger partial charge >= 0.3 is 0 Å². The van der Waals surface area contributed by atoms with E-state index in [0.717, 1.165) is 48.0 Å². The Morgan fingerprint density at radius 2 is 1.94 bits per heavy atom. The van der Waals surface area contributed by atoms with Crippen LogP contribution >= 0.6 is 0 Å². The van der Waals surface area contributed by atoms with Crippen LogP contribution in [0.4, 0.5) is 5.69 Å². The third-order valence-electron chi connectivity index (χ3n) is 7.19. The van der Waals surface area contributed by atoms with Gasteiger partial charge in [0.25, 0.3) is 0 Å². The van der Waals surface area contributed by atoms with E-state index in [4.69, 9.17) is 16.2 Å². The molecule has 1 aliphatic heterocycles. The van der Waals surface area contributed by atoms with E-state index in [1.807, 2.05) is 19.1 Å². The second-order valence-corrected chi connectivity index (χ2v) is 9.11. The van der Waals surface area contributed by atoms with Gasteiger partial charge in [-0.05, 0) is 91.5 Å². The SMILES string of the molecule is Cc1c(C(N)=O)cc(OCC2CCN2C)cc1C1(c2cc(N)cc3ccccc23)CC1. The molecule has 5 rings (SSSR count). The van der Waals surface area contributed by atoms with E-state index in [9.17, 15) is 4.79 Å². The molecule has 5 heteroatoms. The van der Waals surface area contributed by atoms with Gasteiger partial charge in [0, 0.05) is 22.7 Å². The van der Waals surface area contributed by atoms with Crippen molar-refractivity contribution in [1.29, 1.82) is 0 Å². The summed E-state index contributed by atoms with van der Waals surface area (Å²) in [4.78, 5) is 14.6. The molecule has 2 aliphatic rings. The van der Waals surface area contributed by atoms with E-state index < -0.39 is 5.91 Å². The van der Waals surface area contributed by atoms with Crippen molar-refractivity contribution in [1.82, 2.24) is 4.90 Å². The van der Waals surface area contributed by atoms with Crippen molar-refractivity contribution in [3.63, 3.8) is 0 Å². The molecule has 3 aromatic rings. The number of fused-ring (bicyclic) bond motifs is 1. The fourth-order valence-corrected chi connectivity index (χ4v) is 5.04. The molecule has 1 saturated heterocycles. The Labute approximate surface area is 183 Å². The van der Waals surface area contributed by atoms with Gasteiger partial charge < -0.3 is 16.2 Å². The Balaban J connectivity index is 1.61. The number of nitrogen functional groups attached to an aromatic ring is 1. The first kappa shape index (κ1) is 19.9. The minimum atomic E-state index is -0.418. The van der Waals surface area contributed by atoms with E-state index in [2.05, 4.69) is 42.3 Å². The first-order valence-electron chi connectivity index (χ1n) is 11.0. The van der Waals surface area contributed by atoms with Gasteiger partial charge in [0.2, 0.25) is 5.91 Å². The summed E-state index contributed by atoms with van der Waals surface area (Å²) in [6.07, 6.45) is 3.15. The largest absolute Gasteiger partial charge is 0.492 e. The van der Waals surface area contributed by atoms with Crippen molar-refractivity contribution in [2.75, 3.05) is 25.9 Å². The minimum Gasteiger partial charge on any atom is -0.492 e. The van der Waals surface area contributed by atoms with Crippen LogP contribution in [0.2, 0.25) is 0 Å². The van der Waals surface area contributed by atoms with Crippen LogP contribution < -0.4 is 16.2 Å². The van der Waals surface area contributed by atoms with Gasteiger partial charge in [0.1, 0.15) is 12.4 Å². The Bertz CT molecular complexity index is 1180. The molecular formula is C26H29N3O2. The van der Waals surface area contributed by atoms with Gasteiger partial charge in [-0.2, -0.15) is 0 Å². The molecule has 0 radical (unpaired) electrons. The first-order valence-corrected chi connectivity index (χ1v) is 11.0. The number of ether oxygens (including phenoxy) is 1. The smallest absolute Gasteiger partial charge is 0.249 e. The van der Waals surface area contributed by atoms with Crippen molar-refractivity contribution < 1.29 is 9.53 Å². The van der Waals surface area contributed by atoms with Gasteiger partial charge in [-0.25, -0.2) is 0 Å². The average Bonchev–Trinajstić information content (AvgIpc) is 3.54. The number of primary amides is 1. The number of anilines is 1. The zero-order valence-electron chi connectivity index (χ0n) is 18.2. The summed E-state index contributed by atoms with van der Waals surface area (Å²) >= 11 is 0. The number of hydrogen-bond donors (Lipinski definition) is 2. The predicted molar refractivity (Wildman–Crippen MR) is 125 cm³/mol. The molecule has 2 fully saturated rings. The number of benzene rings is 3. The summed E-state index contributed by atoms with van der Waals surface area (Å²) in [5, 5.41) is 2.34. The number of rotatable bonds is 6. The van der Waals surface area contributed by atoms with Crippen molar-refractivity contribution in [3.05, 3.63) is 70.8 Å². The zero-order chi connectivity index (χ0) is 21.8. The predicted octanol–water partition coefficient (Wildman–Crippen LogP) is 3.99. The van der Waals surface area contributed by atoms with Crippen molar-refractivity contribution in [2.45, 2.75) is 37.6 Å². The lowest BCUT2D eigenvalue weighted by atomic mass is 9.81. The van der Waals surface area contributed by atoms with Crippen LogP contribution in [-0.4, -0.2) is 37.0 Å². The van der Waals surface area contributed by atoms with Crippen LogP contribution in [0.3, 0.4) is 0 Å². The second kappa shape index (κ2) is 7.27. The molecular weight excluding hydrogens is 386 g/mol. The molecule has 1 amide bonds. The van der Waals surface area contributed by atoms with Crippen LogP contribution in [0.5, 0.6) is 5.75 Å². The van der Waals surface area contributed by atoms with Gasteiger partial charge in [-0.1, -0.05) is 24.3 Å². The molecule has 3 aromatic carbocycles. The zero-order valence-corrected chi connectivity index (χ0v) is 18.2. The van der Waals surface area contributed by atoms with E-state index in [0.29, 0.717) is 24.0 Å². The fraction of sp³-hybridized carbons (Fsp3) is 0.346. The Morgan fingerprint density at radius 3 is 2.58 bits per heavy atom. The molecule has 1 heterocycles. The maximum absolute atomic E-state index is 12.3. The number of carbonyl (C=O) groups is 1. The summed E-state index contributed by atoms with van der Waals surface area (Å²) in [5.74, 6) is 0.298. The Kier molecular flexibility index (Phi) is 4.67. The summed E-state index contributed by atoms with van der Waals surface area (Å²) in [6, 6.07) is 16.8. The topological polar surface area (TPSA) is 81.6 Å². The molecule has 1 aliphatic carbocycles. The molecule has 31 heavy (non-hydrogen) atoms. The molecule has 4 N–H and O–H groups in total. The highest BCUT2D eigenvalue weighted by atomic mass is 16.5. The first-order chi connectivity index (χ1) is 14.9. The van der Waals surface area contributed by atoms with Gasteiger partial charge in [-0.3, -0.25) is 9.69 Å². The van der Waals surface area contributed by atoms with Crippen LogP contribution in [0.25, 0.3) is 10.8 Å². The standard InChI is InChI=1S/C26H29N3O2/c1-16-22(25(28)30)13-20(31-15-19-7-10-29(19)2)14-23(16)26(8-9-26)24-12-18(27)11-17-5-3-4-6-21(17)24/h3-6,11-14,19H,7-10,15,27H2,1-2H3,(H2,28,30). The van der Waals surface area contributed by atoms with E-state index in [1.165, 1.54) is 10.9 Å². The third-order valence-corrected chi connectivity index (χ3v) is 7.19. The Hall–Kier alpha value is -3.05. The molecule has 0 spiro atoms. The maximum atomic E-state index is 12.3. The van der Waals surface area contributed by atoms with E-state index in [-0.39, 0.29) is 5.41 Å². The van der Waals surface area contributed by atoms with Gasteiger partial charge in [0.15, 0.2) is 0 Å². The number of likely N-dealkylation sites (tertiary alicyclic amines) is 1. The second-order valence-electron chi connectivity index (χ2n) is 9.11. The number of hydrogen-bond acceptors (Lipinski definition) is 4. The maximum Gasteiger partial charge on any atom is 0.249 e. The number of likely N-dealkylation sites (N-methyl/N-ethyl adjacent to an activating group) is 1. The van der Waals surface area contributed by atoms with E-state index in [1.54, 1.807) is 6.07 Å². The molecule has 5 nitrogen and oxygen atoms in total. The van der Waals surface area contributed by atoms with Crippen molar-refractivity contribution >= 4 is 22.4 Å². The lowest BCUT2D eigenvalue weighted by Gasteiger charge is -2.37. The number of nitrogens with zero attached hydrogens (tertiary/aromatic N) is 1. The van der Waals surface area contributed by atoms with E-state index >= 15 is 0 Å². The van der Waals surface area contributed by atoms with Crippen LogP contribution in [0.15, 0.2) is 48.5 Å². The third kappa shape index (κ3) is 3.33. The summed E-state index contributed by atoms with van der Waals surface area (Å²) in [6.45, 7) is 3.71. The van der Waals surface area contributed by atoms with Crippen molar-refractivity contribution in [3.8, 4) is 5.75 Å². The molecule has 1 atom stereocenters. The lowest BCUT2D eigenvalue weighted by molar-refractivity contribution is 0.0767. The highest BCUT2D eigenvalue weighted by Gasteiger charge is 2.48. The Morgan fingerprint density at radius 1 is 1.16 bits per heavy atom.